The average Bonchev–Trinajstić information content (AvgIpc) is 2.81. The molecule has 0 saturated carbocycles. The lowest BCUT2D eigenvalue weighted by atomic mass is 10.1. The lowest BCUT2D eigenvalue weighted by molar-refractivity contribution is -0.133. The summed E-state index contributed by atoms with van der Waals surface area (Å²) in [5.41, 5.74) is 4.58. The standard InChI is InChI=1S/C24H27N3O5/c1-17(28)22(24(30)26-31)25-23(29)21-9-7-18(8-10-21)5-6-19-3-2-4-20(15-19)16-27-11-13-32-14-12-27/h2-4,7-10,15,17,22,28,31H,11-14,16H2,1H3,(H,25,29)(H,26,30)/t17-,22+/m1/s1. The smallest absolute Gasteiger partial charge is 0.268 e. The Morgan fingerprint density at radius 1 is 1.09 bits per heavy atom. The van der Waals surface area contributed by atoms with Crippen LogP contribution in [0.2, 0.25) is 0 Å². The summed E-state index contributed by atoms with van der Waals surface area (Å²) < 4.78 is 5.39. The molecule has 1 saturated heterocycles. The van der Waals surface area contributed by atoms with Crippen LogP contribution >= 0.6 is 0 Å². The van der Waals surface area contributed by atoms with Crippen LogP contribution in [0.15, 0.2) is 48.5 Å². The average molecular weight is 437 g/mol. The molecule has 0 spiro atoms. The monoisotopic (exact) mass is 437 g/mol. The van der Waals surface area contributed by atoms with E-state index in [2.05, 4.69) is 34.2 Å². The predicted octanol–water partition coefficient (Wildman–Crippen LogP) is 0.903. The van der Waals surface area contributed by atoms with E-state index in [0.717, 1.165) is 44.0 Å². The van der Waals surface area contributed by atoms with Gasteiger partial charge in [0.25, 0.3) is 11.8 Å². The van der Waals surface area contributed by atoms with Gasteiger partial charge in [0.05, 0.1) is 19.3 Å². The number of benzene rings is 2. The predicted molar refractivity (Wildman–Crippen MR) is 118 cm³/mol. The molecule has 1 fully saturated rings. The van der Waals surface area contributed by atoms with E-state index >= 15 is 0 Å². The molecule has 2 amide bonds. The minimum absolute atomic E-state index is 0.305. The van der Waals surface area contributed by atoms with Crippen molar-refractivity contribution in [2.75, 3.05) is 26.3 Å². The van der Waals surface area contributed by atoms with Crippen LogP contribution in [0.5, 0.6) is 0 Å². The molecule has 4 N–H and O–H groups in total. The summed E-state index contributed by atoms with van der Waals surface area (Å²) >= 11 is 0. The number of amides is 2. The number of aliphatic hydroxyl groups excluding tert-OH is 1. The first-order valence-corrected chi connectivity index (χ1v) is 10.4. The van der Waals surface area contributed by atoms with E-state index in [4.69, 9.17) is 9.94 Å². The fourth-order valence-corrected chi connectivity index (χ4v) is 3.31. The second-order valence-corrected chi connectivity index (χ2v) is 7.58. The van der Waals surface area contributed by atoms with Gasteiger partial charge in [-0.3, -0.25) is 19.7 Å². The van der Waals surface area contributed by atoms with Crippen molar-refractivity contribution in [2.24, 2.45) is 0 Å². The maximum atomic E-state index is 12.3. The molecule has 2 atom stereocenters. The first-order chi connectivity index (χ1) is 15.5. The number of morpholine rings is 1. The van der Waals surface area contributed by atoms with Crippen LogP contribution in [0, 0.1) is 11.8 Å². The number of rotatable bonds is 6. The summed E-state index contributed by atoms with van der Waals surface area (Å²) in [6.45, 7) is 5.60. The summed E-state index contributed by atoms with van der Waals surface area (Å²) in [7, 11) is 0. The Labute approximate surface area is 187 Å². The molecule has 2 aromatic rings. The van der Waals surface area contributed by atoms with Crippen molar-refractivity contribution in [1.29, 1.82) is 0 Å². The normalized spacial score (nSPS) is 15.7. The van der Waals surface area contributed by atoms with Gasteiger partial charge in [-0.2, -0.15) is 0 Å². The minimum atomic E-state index is -1.27. The van der Waals surface area contributed by atoms with Gasteiger partial charge in [0.1, 0.15) is 6.04 Å². The van der Waals surface area contributed by atoms with Gasteiger partial charge < -0.3 is 15.2 Å². The lowest BCUT2D eigenvalue weighted by Crippen LogP contribution is -2.51. The fraction of sp³-hybridized carbons (Fsp3) is 0.333. The summed E-state index contributed by atoms with van der Waals surface area (Å²) in [4.78, 5) is 26.3. The molecule has 168 valence electrons. The Bertz CT molecular complexity index is 989. The van der Waals surface area contributed by atoms with Crippen LogP contribution in [-0.4, -0.2) is 65.5 Å². The van der Waals surface area contributed by atoms with E-state index < -0.39 is 24.0 Å². The molecule has 0 aliphatic carbocycles. The zero-order valence-electron chi connectivity index (χ0n) is 17.9. The van der Waals surface area contributed by atoms with Gasteiger partial charge in [0, 0.05) is 36.3 Å². The highest BCUT2D eigenvalue weighted by Crippen LogP contribution is 2.10. The summed E-state index contributed by atoms with van der Waals surface area (Å²) in [6.07, 6.45) is -1.17. The SMILES string of the molecule is C[C@@H](O)[C@H](NC(=O)c1ccc(C#Cc2cccc(CN3CCOCC3)c2)cc1)C(=O)NO. The molecule has 32 heavy (non-hydrogen) atoms. The molecule has 0 radical (unpaired) electrons. The van der Waals surface area contributed by atoms with Crippen LogP contribution in [0.3, 0.4) is 0 Å². The number of carbonyl (C=O) groups is 2. The Morgan fingerprint density at radius 3 is 2.44 bits per heavy atom. The van der Waals surface area contributed by atoms with Crippen LogP contribution in [0.1, 0.15) is 34.0 Å². The second-order valence-electron chi connectivity index (χ2n) is 7.58. The highest BCUT2D eigenvalue weighted by Gasteiger charge is 2.25. The molecule has 8 nitrogen and oxygen atoms in total. The fourth-order valence-electron chi connectivity index (χ4n) is 3.31. The number of hydrogen-bond acceptors (Lipinski definition) is 6. The first kappa shape index (κ1) is 23.4. The van der Waals surface area contributed by atoms with Crippen molar-refractivity contribution in [3.8, 4) is 11.8 Å². The highest BCUT2D eigenvalue weighted by molar-refractivity contribution is 5.97. The Balaban J connectivity index is 1.63. The number of hydrogen-bond donors (Lipinski definition) is 4. The Hall–Kier alpha value is -3.22. The van der Waals surface area contributed by atoms with E-state index in [1.54, 1.807) is 24.3 Å². The highest BCUT2D eigenvalue weighted by atomic mass is 16.5. The number of nitrogens with zero attached hydrogens (tertiary/aromatic N) is 1. The van der Waals surface area contributed by atoms with E-state index in [1.807, 2.05) is 12.1 Å². The molecule has 1 heterocycles. The molecule has 1 aliphatic heterocycles. The molecule has 0 bridgehead atoms. The van der Waals surface area contributed by atoms with Crippen molar-refractivity contribution in [3.63, 3.8) is 0 Å². The van der Waals surface area contributed by atoms with Crippen molar-refractivity contribution < 1.29 is 24.6 Å². The van der Waals surface area contributed by atoms with Gasteiger partial charge in [0.15, 0.2) is 0 Å². The zero-order chi connectivity index (χ0) is 22.9. The quantitative estimate of drug-likeness (QED) is 0.304. The van der Waals surface area contributed by atoms with Crippen LogP contribution in [0.4, 0.5) is 0 Å². The molecule has 8 heteroatoms. The van der Waals surface area contributed by atoms with Gasteiger partial charge >= 0.3 is 0 Å². The largest absolute Gasteiger partial charge is 0.391 e. The molecule has 0 aromatic heterocycles. The van der Waals surface area contributed by atoms with Crippen molar-refractivity contribution in [2.45, 2.75) is 25.6 Å². The van der Waals surface area contributed by atoms with Crippen LogP contribution < -0.4 is 10.8 Å². The minimum Gasteiger partial charge on any atom is -0.391 e. The van der Waals surface area contributed by atoms with Gasteiger partial charge in [-0.15, -0.1) is 0 Å². The maximum Gasteiger partial charge on any atom is 0.268 e. The van der Waals surface area contributed by atoms with E-state index in [-0.39, 0.29) is 0 Å². The molecule has 3 rings (SSSR count). The molecule has 0 unspecified atom stereocenters. The van der Waals surface area contributed by atoms with Gasteiger partial charge in [-0.1, -0.05) is 24.0 Å². The molecule has 2 aromatic carbocycles. The number of nitrogens with one attached hydrogen (secondary N) is 2. The van der Waals surface area contributed by atoms with Crippen molar-refractivity contribution >= 4 is 11.8 Å². The molecular formula is C24H27N3O5. The number of carbonyl (C=O) groups excluding carboxylic acids is 2. The van der Waals surface area contributed by atoms with E-state index in [0.29, 0.717) is 5.56 Å². The van der Waals surface area contributed by atoms with Crippen molar-refractivity contribution in [3.05, 3.63) is 70.8 Å². The molecule has 1 aliphatic rings. The van der Waals surface area contributed by atoms with Crippen LogP contribution in [0.25, 0.3) is 0 Å². The number of ether oxygens (including phenoxy) is 1. The Morgan fingerprint density at radius 2 is 1.78 bits per heavy atom. The zero-order valence-corrected chi connectivity index (χ0v) is 17.9. The third-order valence-electron chi connectivity index (χ3n) is 5.10. The summed E-state index contributed by atoms with van der Waals surface area (Å²) in [6, 6.07) is 13.4. The second kappa shape index (κ2) is 11.4. The third kappa shape index (κ3) is 6.64. The van der Waals surface area contributed by atoms with E-state index in [9.17, 15) is 14.7 Å². The topological polar surface area (TPSA) is 111 Å². The summed E-state index contributed by atoms with van der Waals surface area (Å²) in [5, 5.41) is 20.8. The maximum absolute atomic E-state index is 12.3. The first-order valence-electron chi connectivity index (χ1n) is 10.4. The van der Waals surface area contributed by atoms with Crippen LogP contribution in [-0.2, 0) is 16.1 Å². The third-order valence-corrected chi connectivity index (χ3v) is 5.10. The van der Waals surface area contributed by atoms with E-state index in [1.165, 1.54) is 18.0 Å². The number of hydroxylamine groups is 1. The number of aliphatic hydroxyl groups is 1. The molecular weight excluding hydrogens is 410 g/mol. The van der Waals surface area contributed by atoms with Gasteiger partial charge in [-0.05, 0) is 48.9 Å². The Kier molecular flexibility index (Phi) is 8.36. The summed E-state index contributed by atoms with van der Waals surface area (Å²) in [5.74, 6) is 4.80. The van der Waals surface area contributed by atoms with Crippen molar-refractivity contribution in [1.82, 2.24) is 15.7 Å². The van der Waals surface area contributed by atoms with Gasteiger partial charge in [0.2, 0.25) is 0 Å². The van der Waals surface area contributed by atoms with Gasteiger partial charge in [-0.25, -0.2) is 5.48 Å². The lowest BCUT2D eigenvalue weighted by Gasteiger charge is -2.26.